The fourth-order valence-corrected chi connectivity index (χ4v) is 5.05. The molecule has 31 heavy (non-hydrogen) atoms. The molecule has 164 valence electrons. The van der Waals surface area contributed by atoms with Crippen LogP contribution in [0.5, 0.6) is 0 Å². The molecule has 0 aliphatic carbocycles. The number of carbonyl (C=O) groups excluding carboxylic acids is 1. The maximum absolute atomic E-state index is 12.9. The van der Waals surface area contributed by atoms with Gasteiger partial charge in [-0.3, -0.25) is 9.89 Å². The first-order valence-electron chi connectivity index (χ1n) is 10.5. The van der Waals surface area contributed by atoms with Crippen molar-refractivity contribution in [3.05, 3.63) is 68.3 Å². The van der Waals surface area contributed by atoms with Crippen molar-refractivity contribution in [2.75, 3.05) is 37.7 Å². The fraction of sp³-hybridized carbons (Fsp3) is 0.391. The van der Waals surface area contributed by atoms with Crippen molar-refractivity contribution in [1.82, 2.24) is 15.5 Å². The van der Waals surface area contributed by atoms with Crippen LogP contribution in [-0.4, -0.2) is 49.0 Å². The number of thiophene rings is 1. The second kappa shape index (κ2) is 9.85. The van der Waals surface area contributed by atoms with E-state index in [0.29, 0.717) is 19.8 Å². The van der Waals surface area contributed by atoms with Gasteiger partial charge >= 0.3 is 0 Å². The smallest absolute Gasteiger partial charge is 0.261 e. The summed E-state index contributed by atoms with van der Waals surface area (Å²) in [5.74, 6) is -0.0274. The van der Waals surface area contributed by atoms with E-state index in [1.807, 2.05) is 44.2 Å². The highest BCUT2D eigenvalue weighted by molar-refractivity contribution is 7.18. The summed E-state index contributed by atoms with van der Waals surface area (Å²) >= 11 is 7.51. The fourth-order valence-electron chi connectivity index (χ4n) is 3.78. The lowest BCUT2D eigenvalue weighted by Gasteiger charge is -2.28. The number of carbonyl (C=O) groups is 1. The Morgan fingerprint density at radius 2 is 2.00 bits per heavy atom. The maximum Gasteiger partial charge on any atom is 0.261 e. The van der Waals surface area contributed by atoms with Crippen LogP contribution in [-0.2, 0) is 17.6 Å². The molecule has 0 unspecified atom stereocenters. The van der Waals surface area contributed by atoms with Gasteiger partial charge in [0, 0.05) is 42.3 Å². The van der Waals surface area contributed by atoms with E-state index < -0.39 is 0 Å². The molecule has 8 heteroatoms. The van der Waals surface area contributed by atoms with Crippen molar-refractivity contribution in [2.45, 2.75) is 26.7 Å². The van der Waals surface area contributed by atoms with E-state index in [9.17, 15) is 4.79 Å². The van der Waals surface area contributed by atoms with Gasteiger partial charge in [0.1, 0.15) is 0 Å². The minimum absolute atomic E-state index is 0.0274. The number of H-pyrrole nitrogens is 1. The molecule has 2 aromatic heterocycles. The van der Waals surface area contributed by atoms with Gasteiger partial charge in [0.25, 0.3) is 5.91 Å². The molecule has 0 atom stereocenters. The van der Waals surface area contributed by atoms with Gasteiger partial charge in [-0.1, -0.05) is 23.7 Å². The number of hydrogen-bond donors (Lipinski definition) is 2. The molecule has 0 saturated carbocycles. The Kier molecular flexibility index (Phi) is 6.95. The number of aryl methyl sites for hydroxylation is 2. The number of anilines is 1. The zero-order valence-electron chi connectivity index (χ0n) is 17.8. The number of ether oxygens (including phenoxy) is 1. The number of aromatic amines is 1. The minimum Gasteiger partial charge on any atom is -0.378 e. The van der Waals surface area contributed by atoms with E-state index in [-0.39, 0.29) is 5.91 Å². The average molecular weight is 459 g/mol. The first kappa shape index (κ1) is 21.9. The number of benzene rings is 1. The lowest BCUT2D eigenvalue weighted by molar-refractivity contribution is 0.0958. The molecule has 1 aliphatic rings. The minimum atomic E-state index is -0.0274. The highest BCUT2D eigenvalue weighted by Gasteiger charge is 2.22. The molecular weight excluding hydrogens is 432 g/mol. The Balaban J connectivity index is 1.49. The molecule has 1 aliphatic heterocycles. The summed E-state index contributed by atoms with van der Waals surface area (Å²) in [6.45, 7) is 7.75. The summed E-state index contributed by atoms with van der Waals surface area (Å²) in [6.07, 6.45) is 1.53. The largest absolute Gasteiger partial charge is 0.378 e. The number of nitrogens with zero attached hydrogens (tertiary/aromatic N) is 2. The Labute approximate surface area is 191 Å². The van der Waals surface area contributed by atoms with Crippen molar-refractivity contribution < 1.29 is 9.53 Å². The van der Waals surface area contributed by atoms with Crippen LogP contribution in [0.3, 0.4) is 0 Å². The molecule has 1 aromatic carbocycles. The number of morpholine rings is 1. The standard InChI is InChI=1S/C23H27ClN4O2S/c1-15-20(16(2)27-26-15)13-18-14-21(31-23(18)28-9-11-30-12-10-28)22(29)25-8-7-17-3-5-19(24)6-4-17/h3-6,14H,7-13H2,1-2H3,(H,25,29)(H,26,27). The second-order valence-electron chi connectivity index (χ2n) is 7.76. The lowest BCUT2D eigenvalue weighted by Crippen LogP contribution is -2.36. The van der Waals surface area contributed by atoms with Gasteiger partial charge < -0.3 is 15.0 Å². The number of halogens is 1. The predicted molar refractivity (Wildman–Crippen MR) is 126 cm³/mol. The summed E-state index contributed by atoms with van der Waals surface area (Å²) in [7, 11) is 0. The number of rotatable bonds is 7. The number of hydrogen-bond acceptors (Lipinski definition) is 5. The number of aromatic nitrogens is 2. The molecule has 3 heterocycles. The highest BCUT2D eigenvalue weighted by Crippen LogP contribution is 2.34. The third-order valence-electron chi connectivity index (χ3n) is 5.57. The van der Waals surface area contributed by atoms with Gasteiger partial charge in [0.15, 0.2) is 0 Å². The van der Waals surface area contributed by atoms with Crippen molar-refractivity contribution in [1.29, 1.82) is 0 Å². The number of nitrogens with one attached hydrogen (secondary N) is 2. The van der Waals surface area contributed by atoms with Crippen LogP contribution >= 0.6 is 22.9 Å². The molecule has 0 spiro atoms. The third kappa shape index (κ3) is 5.29. The molecule has 0 bridgehead atoms. The molecule has 6 nitrogen and oxygen atoms in total. The second-order valence-corrected chi connectivity index (χ2v) is 9.23. The summed E-state index contributed by atoms with van der Waals surface area (Å²) < 4.78 is 5.52. The molecular formula is C23H27ClN4O2S. The van der Waals surface area contributed by atoms with E-state index in [0.717, 1.165) is 57.8 Å². The molecule has 1 amide bonds. The molecule has 1 fully saturated rings. The maximum atomic E-state index is 12.9. The Bertz CT molecular complexity index is 1020. The van der Waals surface area contributed by atoms with Gasteiger partial charge in [0.05, 0.1) is 28.8 Å². The van der Waals surface area contributed by atoms with Crippen LogP contribution < -0.4 is 10.2 Å². The molecule has 2 N–H and O–H groups in total. The topological polar surface area (TPSA) is 70.2 Å². The zero-order chi connectivity index (χ0) is 21.8. The Morgan fingerprint density at radius 1 is 1.26 bits per heavy atom. The zero-order valence-corrected chi connectivity index (χ0v) is 19.4. The van der Waals surface area contributed by atoms with Crippen LogP contribution in [0.4, 0.5) is 5.00 Å². The van der Waals surface area contributed by atoms with E-state index in [1.165, 1.54) is 11.1 Å². The summed E-state index contributed by atoms with van der Waals surface area (Å²) in [6, 6.07) is 9.77. The molecule has 3 aromatic rings. The van der Waals surface area contributed by atoms with Crippen LogP contribution in [0.15, 0.2) is 30.3 Å². The van der Waals surface area contributed by atoms with Crippen molar-refractivity contribution >= 4 is 33.8 Å². The highest BCUT2D eigenvalue weighted by atomic mass is 35.5. The van der Waals surface area contributed by atoms with E-state index in [4.69, 9.17) is 16.3 Å². The molecule has 4 rings (SSSR count). The predicted octanol–water partition coefficient (Wildman–Crippen LogP) is 4.14. The van der Waals surface area contributed by atoms with Crippen molar-refractivity contribution in [2.24, 2.45) is 0 Å². The number of amides is 1. The molecule has 0 radical (unpaired) electrons. The van der Waals surface area contributed by atoms with E-state index in [2.05, 4.69) is 20.4 Å². The monoisotopic (exact) mass is 458 g/mol. The van der Waals surface area contributed by atoms with E-state index in [1.54, 1.807) is 11.3 Å². The summed E-state index contributed by atoms with van der Waals surface area (Å²) in [5, 5.41) is 12.3. The van der Waals surface area contributed by atoms with Crippen LogP contribution in [0.1, 0.15) is 37.7 Å². The van der Waals surface area contributed by atoms with Crippen molar-refractivity contribution in [3.8, 4) is 0 Å². The average Bonchev–Trinajstić information content (AvgIpc) is 3.35. The SMILES string of the molecule is Cc1n[nH]c(C)c1Cc1cc(C(=O)NCCc2ccc(Cl)cc2)sc1N1CCOCC1. The van der Waals surface area contributed by atoms with Crippen LogP contribution in [0.2, 0.25) is 5.02 Å². The lowest BCUT2D eigenvalue weighted by atomic mass is 10.0. The van der Waals surface area contributed by atoms with Gasteiger partial charge in [0.2, 0.25) is 0 Å². The Hall–Kier alpha value is -2.35. The van der Waals surface area contributed by atoms with Gasteiger partial charge in [-0.25, -0.2) is 0 Å². The summed E-state index contributed by atoms with van der Waals surface area (Å²) in [4.78, 5) is 16.0. The third-order valence-corrected chi connectivity index (χ3v) is 7.06. The molecule has 1 saturated heterocycles. The van der Waals surface area contributed by atoms with Gasteiger partial charge in [-0.05, 0) is 49.6 Å². The van der Waals surface area contributed by atoms with E-state index >= 15 is 0 Å². The van der Waals surface area contributed by atoms with Gasteiger partial charge in [-0.2, -0.15) is 5.10 Å². The normalized spacial score (nSPS) is 14.1. The van der Waals surface area contributed by atoms with Gasteiger partial charge in [-0.15, -0.1) is 11.3 Å². The quantitative estimate of drug-likeness (QED) is 0.558. The first-order chi connectivity index (χ1) is 15.0. The van der Waals surface area contributed by atoms with Crippen LogP contribution in [0, 0.1) is 13.8 Å². The van der Waals surface area contributed by atoms with Crippen molar-refractivity contribution in [3.63, 3.8) is 0 Å². The van der Waals surface area contributed by atoms with Crippen LogP contribution in [0.25, 0.3) is 0 Å². The summed E-state index contributed by atoms with van der Waals surface area (Å²) in [5.41, 5.74) is 5.59. The first-order valence-corrected chi connectivity index (χ1v) is 11.7. The Morgan fingerprint density at radius 3 is 2.68 bits per heavy atom.